The first-order chi connectivity index (χ1) is 14.5. The van der Waals surface area contributed by atoms with E-state index in [2.05, 4.69) is 25.2 Å². The molecular formula is C26H29NO3. The van der Waals surface area contributed by atoms with Crippen molar-refractivity contribution >= 4 is 5.91 Å². The standard InChI is InChI=1S/C26H29NO3/c1-18(2)23-12-8-9-13-25(23)30-17-22-16-21(14-15-24(22)29-4)26(28)27-19(3)20-10-6-5-7-11-20/h5-16,18-19H,17H2,1-4H3,(H,27,28). The van der Waals surface area contributed by atoms with Crippen molar-refractivity contribution in [1.82, 2.24) is 5.32 Å². The summed E-state index contributed by atoms with van der Waals surface area (Å²) in [6, 6.07) is 23.3. The Balaban J connectivity index is 1.76. The summed E-state index contributed by atoms with van der Waals surface area (Å²) in [5, 5.41) is 3.05. The predicted molar refractivity (Wildman–Crippen MR) is 120 cm³/mol. The molecule has 4 heteroatoms. The minimum atomic E-state index is -0.127. The third-order valence-electron chi connectivity index (χ3n) is 5.11. The van der Waals surface area contributed by atoms with Gasteiger partial charge in [0.25, 0.3) is 5.91 Å². The van der Waals surface area contributed by atoms with E-state index in [0.717, 1.165) is 22.4 Å². The van der Waals surface area contributed by atoms with E-state index >= 15 is 0 Å². The number of hydrogen-bond donors (Lipinski definition) is 1. The first-order valence-electron chi connectivity index (χ1n) is 10.2. The van der Waals surface area contributed by atoms with Crippen LogP contribution in [0.5, 0.6) is 11.5 Å². The number of carbonyl (C=O) groups excluding carboxylic acids is 1. The lowest BCUT2D eigenvalue weighted by Crippen LogP contribution is -2.26. The molecule has 1 N–H and O–H groups in total. The Hall–Kier alpha value is -3.27. The number of rotatable bonds is 8. The molecule has 3 rings (SSSR count). The normalized spacial score (nSPS) is 11.8. The summed E-state index contributed by atoms with van der Waals surface area (Å²) < 4.78 is 11.6. The number of nitrogens with one attached hydrogen (secondary N) is 1. The van der Waals surface area contributed by atoms with E-state index in [4.69, 9.17) is 9.47 Å². The summed E-state index contributed by atoms with van der Waals surface area (Å²) in [5.41, 5.74) is 3.63. The van der Waals surface area contributed by atoms with Crippen molar-refractivity contribution in [3.05, 3.63) is 95.1 Å². The molecule has 0 spiro atoms. The highest BCUT2D eigenvalue weighted by molar-refractivity contribution is 5.94. The number of ether oxygens (including phenoxy) is 2. The molecule has 0 saturated carbocycles. The monoisotopic (exact) mass is 403 g/mol. The molecule has 1 atom stereocenters. The minimum absolute atomic E-state index is 0.0848. The molecule has 0 aliphatic heterocycles. The molecule has 3 aromatic rings. The molecule has 3 aromatic carbocycles. The van der Waals surface area contributed by atoms with Crippen LogP contribution in [0.3, 0.4) is 0 Å². The quantitative estimate of drug-likeness (QED) is 0.510. The van der Waals surface area contributed by atoms with Crippen LogP contribution in [0.25, 0.3) is 0 Å². The summed E-state index contributed by atoms with van der Waals surface area (Å²) >= 11 is 0. The van der Waals surface area contributed by atoms with E-state index in [-0.39, 0.29) is 11.9 Å². The molecule has 0 fully saturated rings. The van der Waals surface area contributed by atoms with Gasteiger partial charge in [0, 0.05) is 11.1 Å². The maximum absolute atomic E-state index is 12.8. The van der Waals surface area contributed by atoms with Crippen molar-refractivity contribution in [2.45, 2.75) is 39.3 Å². The molecule has 0 bridgehead atoms. The van der Waals surface area contributed by atoms with Gasteiger partial charge in [-0.2, -0.15) is 0 Å². The van der Waals surface area contributed by atoms with Crippen molar-refractivity contribution in [2.24, 2.45) is 0 Å². The smallest absolute Gasteiger partial charge is 0.251 e. The molecule has 0 aliphatic carbocycles. The molecule has 4 nitrogen and oxygen atoms in total. The Labute approximate surface area is 178 Å². The maximum atomic E-state index is 12.8. The van der Waals surface area contributed by atoms with E-state index in [0.29, 0.717) is 23.8 Å². The topological polar surface area (TPSA) is 47.6 Å². The molecule has 0 saturated heterocycles. The van der Waals surface area contributed by atoms with Crippen LogP contribution in [0.4, 0.5) is 0 Å². The fraction of sp³-hybridized carbons (Fsp3) is 0.269. The molecule has 0 aliphatic rings. The molecular weight excluding hydrogens is 374 g/mol. The van der Waals surface area contributed by atoms with Gasteiger partial charge in [0.15, 0.2) is 0 Å². The lowest BCUT2D eigenvalue weighted by atomic mass is 10.0. The van der Waals surface area contributed by atoms with Crippen LogP contribution in [-0.2, 0) is 6.61 Å². The number of carbonyl (C=O) groups is 1. The molecule has 30 heavy (non-hydrogen) atoms. The van der Waals surface area contributed by atoms with Crippen LogP contribution in [0, 0.1) is 0 Å². The minimum Gasteiger partial charge on any atom is -0.496 e. The first kappa shape index (κ1) is 21.4. The fourth-order valence-corrected chi connectivity index (χ4v) is 3.38. The summed E-state index contributed by atoms with van der Waals surface area (Å²) in [4.78, 5) is 12.8. The highest BCUT2D eigenvalue weighted by atomic mass is 16.5. The van der Waals surface area contributed by atoms with Gasteiger partial charge in [0.05, 0.1) is 13.2 Å². The second-order valence-corrected chi connectivity index (χ2v) is 7.61. The van der Waals surface area contributed by atoms with Crippen molar-refractivity contribution in [1.29, 1.82) is 0 Å². The largest absolute Gasteiger partial charge is 0.496 e. The van der Waals surface area contributed by atoms with Crippen molar-refractivity contribution in [3.8, 4) is 11.5 Å². The van der Waals surface area contributed by atoms with E-state index in [1.807, 2.05) is 67.6 Å². The van der Waals surface area contributed by atoms with Crippen molar-refractivity contribution < 1.29 is 14.3 Å². The third kappa shape index (κ3) is 5.20. The molecule has 0 heterocycles. The van der Waals surface area contributed by atoms with Crippen LogP contribution < -0.4 is 14.8 Å². The fourth-order valence-electron chi connectivity index (χ4n) is 3.38. The van der Waals surface area contributed by atoms with Gasteiger partial charge in [-0.1, -0.05) is 62.4 Å². The van der Waals surface area contributed by atoms with Crippen LogP contribution in [0.1, 0.15) is 59.8 Å². The SMILES string of the molecule is COc1ccc(C(=O)NC(C)c2ccccc2)cc1COc1ccccc1C(C)C. The lowest BCUT2D eigenvalue weighted by Gasteiger charge is -2.17. The highest BCUT2D eigenvalue weighted by Crippen LogP contribution is 2.28. The number of amides is 1. The average molecular weight is 404 g/mol. The highest BCUT2D eigenvalue weighted by Gasteiger charge is 2.15. The second-order valence-electron chi connectivity index (χ2n) is 7.61. The number of para-hydroxylation sites is 1. The molecule has 156 valence electrons. The Bertz CT molecular complexity index is 983. The van der Waals surface area contributed by atoms with E-state index in [1.165, 1.54) is 0 Å². The molecule has 1 amide bonds. The Morgan fingerprint density at radius 2 is 1.60 bits per heavy atom. The zero-order valence-corrected chi connectivity index (χ0v) is 18.0. The van der Waals surface area contributed by atoms with Crippen molar-refractivity contribution in [2.75, 3.05) is 7.11 Å². The summed E-state index contributed by atoms with van der Waals surface area (Å²) in [6.07, 6.45) is 0. The lowest BCUT2D eigenvalue weighted by molar-refractivity contribution is 0.0939. The van der Waals surface area contributed by atoms with Crippen molar-refractivity contribution in [3.63, 3.8) is 0 Å². The van der Waals surface area contributed by atoms with Crippen LogP contribution in [-0.4, -0.2) is 13.0 Å². The van der Waals surface area contributed by atoms with Gasteiger partial charge in [-0.15, -0.1) is 0 Å². The van der Waals surface area contributed by atoms with Gasteiger partial charge in [0.2, 0.25) is 0 Å². The number of benzene rings is 3. The van der Waals surface area contributed by atoms with Crippen LogP contribution >= 0.6 is 0 Å². The second kappa shape index (κ2) is 9.97. The first-order valence-corrected chi connectivity index (χ1v) is 10.2. The van der Waals surface area contributed by atoms with Crippen LogP contribution in [0.15, 0.2) is 72.8 Å². The summed E-state index contributed by atoms with van der Waals surface area (Å²) in [7, 11) is 1.62. The van der Waals surface area contributed by atoms with Crippen LogP contribution in [0.2, 0.25) is 0 Å². The zero-order chi connectivity index (χ0) is 21.5. The van der Waals surface area contributed by atoms with Gasteiger partial charge in [-0.05, 0) is 48.2 Å². The predicted octanol–water partition coefficient (Wildman–Crippen LogP) is 5.89. The van der Waals surface area contributed by atoms with E-state index in [1.54, 1.807) is 13.2 Å². The molecule has 1 unspecified atom stereocenters. The molecule has 0 radical (unpaired) electrons. The Morgan fingerprint density at radius 1 is 0.900 bits per heavy atom. The van der Waals surface area contributed by atoms with E-state index in [9.17, 15) is 4.79 Å². The van der Waals surface area contributed by atoms with E-state index < -0.39 is 0 Å². The molecule has 0 aromatic heterocycles. The van der Waals surface area contributed by atoms with Gasteiger partial charge in [-0.3, -0.25) is 4.79 Å². The van der Waals surface area contributed by atoms with Gasteiger partial charge in [-0.25, -0.2) is 0 Å². The average Bonchev–Trinajstić information content (AvgIpc) is 2.78. The van der Waals surface area contributed by atoms with Gasteiger partial charge < -0.3 is 14.8 Å². The number of methoxy groups -OCH3 is 1. The summed E-state index contributed by atoms with van der Waals surface area (Å²) in [5.74, 6) is 1.78. The van der Waals surface area contributed by atoms with Gasteiger partial charge in [0.1, 0.15) is 18.1 Å². The van der Waals surface area contributed by atoms with Gasteiger partial charge >= 0.3 is 0 Å². The zero-order valence-electron chi connectivity index (χ0n) is 18.0. The maximum Gasteiger partial charge on any atom is 0.251 e. The Morgan fingerprint density at radius 3 is 2.30 bits per heavy atom. The summed E-state index contributed by atoms with van der Waals surface area (Å²) in [6.45, 7) is 6.58. The number of hydrogen-bond acceptors (Lipinski definition) is 3. The Kier molecular flexibility index (Phi) is 7.12. The third-order valence-corrected chi connectivity index (χ3v) is 5.11.